The van der Waals surface area contributed by atoms with Crippen LogP contribution in [0.25, 0.3) is 10.4 Å². The fourth-order valence-corrected chi connectivity index (χ4v) is 5.25. The predicted octanol–water partition coefficient (Wildman–Crippen LogP) is 3.41. The summed E-state index contributed by atoms with van der Waals surface area (Å²) in [6.45, 7) is 4.41. The van der Waals surface area contributed by atoms with E-state index < -0.39 is 6.04 Å². The molecule has 1 aromatic rings. The molecule has 41 heavy (non-hydrogen) atoms. The molecule has 1 fully saturated rings. The number of terminal acetylenes is 1. The summed E-state index contributed by atoms with van der Waals surface area (Å²) in [6.07, 6.45) is 10.1. The van der Waals surface area contributed by atoms with Gasteiger partial charge in [0.25, 0.3) is 0 Å². The fourth-order valence-electron chi connectivity index (χ4n) is 5.25. The Morgan fingerprint density at radius 1 is 1.12 bits per heavy atom. The second-order valence-electron chi connectivity index (χ2n) is 10.1. The number of hydrogen-bond donors (Lipinski definition) is 2. The van der Waals surface area contributed by atoms with E-state index in [1.54, 1.807) is 24.3 Å². The number of allylic oxidation sites excluding steroid dienone is 1. The molecule has 0 radical (unpaired) electrons. The van der Waals surface area contributed by atoms with Crippen LogP contribution in [0.5, 0.6) is 0 Å². The molecule has 0 bridgehead atoms. The lowest BCUT2D eigenvalue weighted by Crippen LogP contribution is -2.50. The number of carbonyl (C=O) groups is 3. The minimum Gasteiger partial charge on any atom is -0.377 e. The number of nitrogens with zero attached hydrogens (tertiary/aromatic N) is 3. The van der Waals surface area contributed by atoms with Crippen molar-refractivity contribution in [1.29, 1.82) is 0 Å². The molecule has 2 N–H and O–H groups in total. The molecular weight excluding hydrogens is 526 g/mol. The quantitative estimate of drug-likeness (QED) is 0.0971. The van der Waals surface area contributed by atoms with Gasteiger partial charge < -0.3 is 24.8 Å². The Morgan fingerprint density at radius 2 is 1.83 bits per heavy atom. The van der Waals surface area contributed by atoms with Gasteiger partial charge in [0.2, 0.25) is 11.8 Å². The number of fused-ring (bicyclic) bond motifs is 1. The van der Waals surface area contributed by atoms with Crippen molar-refractivity contribution in [2.75, 3.05) is 46.2 Å². The zero-order valence-corrected chi connectivity index (χ0v) is 23.5. The maximum Gasteiger partial charge on any atom is 0.247 e. The highest BCUT2D eigenvalue weighted by Gasteiger charge is 2.43. The van der Waals surface area contributed by atoms with Crippen molar-refractivity contribution in [3.05, 3.63) is 51.9 Å². The van der Waals surface area contributed by atoms with Crippen LogP contribution in [0.3, 0.4) is 0 Å². The van der Waals surface area contributed by atoms with Gasteiger partial charge in [-0.1, -0.05) is 48.3 Å². The van der Waals surface area contributed by atoms with E-state index in [1.807, 2.05) is 6.08 Å². The number of hydrogen-bond acceptors (Lipinski definition) is 7. The van der Waals surface area contributed by atoms with Crippen LogP contribution in [-0.4, -0.2) is 69.8 Å². The molecule has 0 aromatic heterocycles. The van der Waals surface area contributed by atoms with Crippen LogP contribution in [0.4, 0.5) is 5.69 Å². The maximum absolute atomic E-state index is 13.5. The van der Waals surface area contributed by atoms with Gasteiger partial charge in [-0.05, 0) is 42.2 Å². The first-order valence-electron chi connectivity index (χ1n) is 14.1. The number of Topliss-reactive ketones (excluding diaryl/α,β-unsaturated/α-hetero) is 1. The van der Waals surface area contributed by atoms with Crippen LogP contribution in [-0.2, 0) is 35.0 Å². The average molecular weight is 566 g/mol. The molecule has 0 unspecified atom stereocenters. The smallest absolute Gasteiger partial charge is 0.247 e. The summed E-state index contributed by atoms with van der Waals surface area (Å²) in [6, 6.07) is 5.99. The Hall–Kier alpha value is -3.68. The predicted molar refractivity (Wildman–Crippen MR) is 153 cm³/mol. The zero-order valence-electron chi connectivity index (χ0n) is 23.5. The van der Waals surface area contributed by atoms with E-state index in [-0.39, 0.29) is 61.5 Å². The van der Waals surface area contributed by atoms with Crippen LogP contribution in [0.15, 0.2) is 41.0 Å². The molecule has 2 amide bonds. The number of benzene rings is 1. The Labute approximate surface area is 241 Å². The molecule has 11 nitrogen and oxygen atoms in total. The monoisotopic (exact) mass is 565 g/mol. The van der Waals surface area contributed by atoms with Crippen LogP contribution < -0.4 is 10.6 Å². The number of carbonyl (C=O) groups excluding carboxylic acids is 3. The summed E-state index contributed by atoms with van der Waals surface area (Å²) < 4.78 is 16.0. The zero-order chi connectivity index (χ0) is 29.5. The summed E-state index contributed by atoms with van der Waals surface area (Å²) in [7, 11) is 0. The SMILES string of the molecule is C#CCOCCOCCOCCNC(=O)[C@H](Cc1ccc(N=[N+]=[N-])cc1)NC(=O)C1=C[C@H](CC)C[C@@H]2C(=O)CC[C@H]12. The normalized spacial score (nSPS) is 20.2. The van der Waals surface area contributed by atoms with E-state index in [0.29, 0.717) is 50.5 Å². The largest absolute Gasteiger partial charge is 0.377 e. The summed E-state index contributed by atoms with van der Waals surface area (Å²) >= 11 is 0. The van der Waals surface area contributed by atoms with Crippen molar-refractivity contribution in [1.82, 2.24) is 10.6 Å². The fraction of sp³-hybridized carbons (Fsp3) is 0.567. The summed E-state index contributed by atoms with van der Waals surface area (Å²) in [5.74, 6) is 1.90. The first-order chi connectivity index (χ1) is 20.0. The molecule has 0 saturated heterocycles. The molecule has 0 aliphatic heterocycles. The van der Waals surface area contributed by atoms with Gasteiger partial charge in [0.05, 0.1) is 33.0 Å². The second-order valence-corrected chi connectivity index (χ2v) is 10.1. The highest BCUT2D eigenvalue weighted by molar-refractivity contribution is 5.99. The molecular formula is C30H39N5O6. The van der Waals surface area contributed by atoms with Gasteiger partial charge in [-0.2, -0.15) is 0 Å². The minimum atomic E-state index is -0.849. The van der Waals surface area contributed by atoms with Gasteiger partial charge in [-0.15, -0.1) is 6.42 Å². The van der Waals surface area contributed by atoms with Crippen molar-refractivity contribution >= 4 is 23.3 Å². The molecule has 220 valence electrons. The topological polar surface area (TPSA) is 152 Å². The highest BCUT2D eigenvalue weighted by atomic mass is 16.5. The van der Waals surface area contributed by atoms with Crippen LogP contribution >= 0.6 is 0 Å². The number of azide groups is 1. The van der Waals surface area contributed by atoms with Gasteiger partial charge in [0, 0.05) is 41.5 Å². The summed E-state index contributed by atoms with van der Waals surface area (Å²) in [4.78, 5) is 42.0. The Bertz CT molecular complexity index is 1150. The number of nitrogens with one attached hydrogen (secondary N) is 2. The summed E-state index contributed by atoms with van der Waals surface area (Å²) in [5, 5.41) is 9.36. The van der Waals surface area contributed by atoms with E-state index in [4.69, 9.17) is 26.2 Å². The van der Waals surface area contributed by atoms with Crippen LogP contribution in [0.2, 0.25) is 0 Å². The molecule has 1 aromatic carbocycles. The third-order valence-corrected chi connectivity index (χ3v) is 7.39. The molecule has 11 heteroatoms. The molecule has 1 saturated carbocycles. The lowest BCUT2D eigenvalue weighted by atomic mass is 9.74. The molecule has 2 aliphatic carbocycles. The van der Waals surface area contributed by atoms with Crippen molar-refractivity contribution in [2.24, 2.45) is 22.9 Å². The summed E-state index contributed by atoms with van der Waals surface area (Å²) in [5.41, 5.74) is 10.5. The average Bonchev–Trinajstić information content (AvgIpc) is 3.36. The Kier molecular flexibility index (Phi) is 13.4. The van der Waals surface area contributed by atoms with E-state index in [2.05, 4.69) is 33.5 Å². The third kappa shape index (κ3) is 10.0. The number of amides is 2. The van der Waals surface area contributed by atoms with Gasteiger partial charge in [0.1, 0.15) is 18.4 Å². The lowest BCUT2D eigenvalue weighted by Gasteiger charge is -2.30. The van der Waals surface area contributed by atoms with Crippen molar-refractivity contribution < 1.29 is 28.6 Å². The Balaban J connectivity index is 1.57. The van der Waals surface area contributed by atoms with E-state index in [0.717, 1.165) is 18.4 Å². The van der Waals surface area contributed by atoms with E-state index in [9.17, 15) is 14.4 Å². The molecule has 0 heterocycles. The van der Waals surface area contributed by atoms with Crippen molar-refractivity contribution in [2.45, 2.75) is 45.1 Å². The number of ketones is 1. The lowest BCUT2D eigenvalue weighted by molar-refractivity contribution is -0.128. The first kappa shape index (κ1) is 31.8. The molecule has 2 aliphatic rings. The van der Waals surface area contributed by atoms with Gasteiger partial charge in [-0.3, -0.25) is 14.4 Å². The van der Waals surface area contributed by atoms with Gasteiger partial charge in [-0.25, -0.2) is 0 Å². The maximum atomic E-state index is 13.5. The molecule has 0 spiro atoms. The van der Waals surface area contributed by atoms with E-state index >= 15 is 0 Å². The highest BCUT2D eigenvalue weighted by Crippen LogP contribution is 2.43. The second kappa shape index (κ2) is 17.2. The van der Waals surface area contributed by atoms with Gasteiger partial charge >= 0.3 is 0 Å². The van der Waals surface area contributed by atoms with E-state index in [1.165, 1.54) is 0 Å². The third-order valence-electron chi connectivity index (χ3n) is 7.39. The van der Waals surface area contributed by atoms with Crippen LogP contribution in [0.1, 0.15) is 38.2 Å². The minimum absolute atomic E-state index is 0.100. The first-order valence-corrected chi connectivity index (χ1v) is 14.1. The molecule has 3 rings (SSSR count). The number of rotatable bonds is 17. The Morgan fingerprint density at radius 3 is 2.51 bits per heavy atom. The van der Waals surface area contributed by atoms with Crippen molar-refractivity contribution in [3.63, 3.8) is 0 Å². The number of ether oxygens (including phenoxy) is 3. The standard InChI is InChI=1S/C30H39N5O6/c1-3-12-39-14-16-41-17-15-40-13-11-32-30(38)27(20-22-5-7-23(8-6-22)34-35-31)33-29(37)26-19-21(4-2)18-25-24(26)9-10-28(25)36/h1,5-8,19,21,24-25,27H,4,9-18,20H2,2H3,(H,32,38)(H,33,37)/t21-,24+,25+,27+/m1/s1. The molecule has 4 atom stereocenters. The van der Waals surface area contributed by atoms with Crippen LogP contribution in [0, 0.1) is 30.1 Å². The van der Waals surface area contributed by atoms with Crippen molar-refractivity contribution in [3.8, 4) is 12.3 Å². The van der Waals surface area contributed by atoms with Gasteiger partial charge in [0.15, 0.2) is 0 Å².